The first-order valence-corrected chi connectivity index (χ1v) is 6.46. The molecule has 0 radical (unpaired) electrons. The van der Waals surface area contributed by atoms with Crippen molar-refractivity contribution in [3.63, 3.8) is 0 Å². The third-order valence-corrected chi connectivity index (χ3v) is 3.09. The van der Waals surface area contributed by atoms with Gasteiger partial charge in [-0.15, -0.1) is 0 Å². The Morgan fingerprint density at radius 2 is 1.85 bits per heavy atom. The summed E-state index contributed by atoms with van der Waals surface area (Å²) in [5, 5.41) is 13.3. The Morgan fingerprint density at radius 3 is 2.35 bits per heavy atom. The standard InChI is InChI=1S/C12H13BrF2N2O3/c1-5(2)10(11(18)19)17-12(20)16-9-3-6(13)7(14)4-8(9)15/h3-5,10H,1-2H3,(H,18,19)(H2,16,17,20)/t10-/m1/s1. The molecule has 0 bridgehead atoms. The van der Waals surface area contributed by atoms with E-state index >= 15 is 0 Å². The molecule has 0 aromatic heterocycles. The Bertz CT molecular complexity index is 538. The molecular formula is C12H13BrF2N2O3. The average Bonchev–Trinajstić information content (AvgIpc) is 2.32. The van der Waals surface area contributed by atoms with Gasteiger partial charge in [-0.25, -0.2) is 18.4 Å². The molecule has 0 aliphatic carbocycles. The van der Waals surface area contributed by atoms with Gasteiger partial charge in [0.1, 0.15) is 17.7 Å². The van der Waals surface area contributed by atoms with Crippen LogP contribution in [0.25, 0.3) is 0 Å². The second-order valence-electron chi connectivity index (χ2n) is 4.40. The summed E-state index contributed by atoms with van der Waals surface area (Å²) in [4.78, 5) is 22.5. The molecule has 0 spiro atoms. The van der Waals surface area contributed by atoms with Crippen LogP contribution in [-0.4, -0.2) is 23.1 Å². The number of amides is 2. The van der Waals surface area contributed by atoms with Crippen LogP contribution in [0, 0.1) is 17.6 Å². The smallest absolute Gasteiger partial charge is 0.326 e. The lowest BCUT2D eigenvalue weighted by Gasteiger charge is -2.18. The summed E-state index contributed by atoms with van der Waals surface area (Å²) in [6.07, 6.45) is 0. The molecule has 0 saturated heterocycles. The summed E-state index contributed by atoms with van der Waals surface area (Å²) < 4.78 is 26.4. The quantitative estimate of drug-likeness (QED) is 0.730. The van der Waals surface area contributed by atoms with Gasteiger partial charge in [-0.2, -0.15) is 0 Å². The highest BCUT2D eigenvalue weighted by Crippen LogP contribution is 2.23. The predicted molar refractivity (Wildman–Crippen MR) is 72.5 cm³/mol. The number of urea groups is 1. The molecule has 1 rings (SSSR count). The monoisotopic (exact) mass is 350 g/mol. The van der Waals surface area contributed by atoms with Gasteiger partial charge in [-0.1, -0.05) is 13.8 Å². The number of rotatable bonds is 4. The second kappa shape index (κ2) is 6.65. The summed E-state index contributed by atoms with van der Waals surface area (Å²) >= 11 is 2.86. The third kappa shape index (κ3) is 4.16. The zero-order valence-electron chi connectivity index (χ0n) is 10.7. The van der Waals surface area contributed by atoms with E-state index < -0.39 is 29.7 Å². The van der Waals surface area contributed by atoms with Crippen LogP contribution in [-0.2, 0) is 4.79 Å². The minimum Gasteiger partial charge on any atom is -0.480 e. The van der Waals surface area contributed by atoms with Crippen LogP contribution >= 0.6 is 15.9 Å². The third-order valence-electron chi connectivity index (χ3n) is 2.48. The number of carbonyl (C=O) groups excluding carboxylic acids is 1. The molecule has 20 heavy (non-hydrogen) atoms. The zero-order chi connectivity index (χ0) is 15.4. The van der Waals surface area contributed by atoms with E-state index in [2.05, 4.69) is 26.6 Å². The average molecular weight is 351 g/mol. The molecule has 1 aromatic carbocycles. The minimum absolute atomic E-state index is 0.0205. The first kappa shape index (κ1) is 16.4. The maximum atomic E-state index is 13.4. The van der Waals surface area contributed by atoms with Crippen molar-refractivity contribution in [2.45, 2.75) is 19.9 Å². The molecule has 0 unspecified atom stereocenters. The maximum absolute atomic E-state index is 13.4. The molecule has 1 atom stereocenters. The van der Waals surface area contributed by atoms with Gasteiger partial charge in [0.2, 0.25) is 0 Å². The molecular weight excluding hydrogens is 338 g/mol. The molecule has 3 N–H and O–H groups in total. The second-order valence-corrected chi connectivity index (χ2v) is 5.26. The van der Waals surface area contributed by atoms with Crippen molar-refractivity contribution >= 4 is 33.6 Å². The van der Waals surface area contributed by atoms with Crippen molar-refractivity contribution in [3.8, 4) is 0 Å². The highest BCUT2D eigenvalue weighted by atomic mass is 79.9. The SMILES string of the molecule is CC(C)[C@@H](NC(=O)Nc1cc(Br)c(F)cc1F)C(=O)O. The van der Waals surface area contributed by atoms with Gasteiger partial charge in [0, 0.05) is 6.07 Å². The lowest BCUT2D eigenvalue weighted by atomic mass is 10.1. The van der Waals surface area contributed by atoms with Gasteiger partial charge >= 0.3 is 12.0 Å². The first-order chi connectivity index (χ1) is 9.22. The number of hydrogen-bond donors (Lipinski definition) is 3. The Labute approximate surface area is 122 Å². The maximum Gasteiger partial charge on any atom is 0.326 e. The predicted octanol–water partition coefficient (Wildman–Crippen LogP) is 2.96. The number of carboxylic acids is 1. The number of anilines is 1. The zero-order valence-corrected chi connectivity index (χ0v) is 12.3. The summed E-state index contributed by atoms with van der Waals surface area (Å²) in [7, 11) is 0. The number of carboxylic acid groups (broad SMARTS) is 1. The van der Waals surface area contributed by atoms with E-state index in [1.54, 1.807) is 13.8 Å². The number of hydrogen-bond acceptors (Lipinski definition) is 2. The summed E-state index contributed by atoms with van der Waals surface area (Å²) in [5.74, 6) is -3.31. The van der Waals surface area contributed by atoms with Gasteiger partial charge in [0.15, 0.2) is 0 Å². The van der Waals surface area contributed by atoms with Crippen LogP contribution in [0.5, 0.6) is 0 Å². The minimum atomic E-state index is -1.20. The van der Waals surface area contributed by atoms with E-state index in [9.17, 15) is 18.4 Å². The van der Waals surface area contributed by atoms with Crippen molar-refractivity contribution in [3.05, 3.63) is 28.2 Å². The highest BCUT2D eigenvalue weighted by molar-refractivity contribution is 9.10. The molecule has 0 aliphatic rings. The van der Waals surface area contributed by atoms with Gasteiger partial charge in [0.05, 0.1) is 10.2 Å². The van der Waals surface area contributed by atoms with Gasteiger partial charge in [-0.05, 0) is 27.9 Å². The molecule has 8 heteroatoms. The first-order valence-electron chi connectivity index (χ1n) is 5.67. The summed E-state index contributed by atoms with van der Waals surface area (Å²) in [5.41, 5.74) is -0.260. The van der Waals surface area contributed by atoms with E-state index in [-0.39, 0.29) is 16.1 Å². The molecule has 0 fully saturated rings. The fourth-order valence-electron chi connectivity index (χ4n) is 1.43. The van der Waals surface area contributed by atoms with Crippen LogP contribution in [0.4, 0.5) is 19.3 Å². The number of halogens is 3. The van der Waals surface area contributed by atoms with E-state index in [0.29, 0.717) is 6.07 Å². The normalized spacial score (nSPS) is 12.1. The van der Waals surface area contributed by atoms with Crippen molar-refractivity contribution in [2.24, 2.45) is 5.92 Å². The topological polar surface area (TPSA) is 78.4 Å². The summed E-state index contributed by atoms with van der Waals surface area (Å²) in [6, 6.07) is -0.336. The lowest BCUT2D eigenvalue weighted by molar-refractivity contribution is -0.140. The van der Waals surface area contributed by atoms with Crippen LogP contribution in [0.15, 0.2) is 16.6 Å². The molecule has 1 aromatic rings. The molecule has 2 amide bonds. The fourth-order valence-corrected chi connectivity index (χ4v) is 1.77. The molecule has 0 heterocycles. The summed E-state index contributed by atoms with van der Waals surface area (Å²) in [6.45, 7) is 3.24. The van der Waals surface area contributed by atoms with Gasteiger partial charge in [0.25, 0.3) is 0 Å². The Balaban J connectivity index is 2.81. The largest absolute Gasteiger partial charge is 0.480 e. The van der Waals surface area contributed by atoms with Crippen LogP contribution < -0.4 is 10.6 Å². The van der Waals surface area contributed by atoms with Crippen molar-refractivity contribution < 1.29 is 23.5 Å². The molecule has 110 valence electrons. The van der Waals surface area contributed by atoms with E-state index in [0.717, 1.165) is 6.07 Å². The van der Waals surface area contributed by atoms with Crippen LogP contribution in [0.1, 0.15) is 13.8 Å². The number of aliphatic carboxylic acids is 1. The number of carbonyl (C=O) groups is 2. The fraction of sp³-hybridized carbons (Fsp3) is 0.333. The van der Waals surface area contributed by atoms with Crippen molar-refractivity contribution in [1.82, 2.24) is 5.32 Å². The Morgan fingerprint density at radius 1 is 1.25 bits per heavy atom. The van der Waals surface area contributed by atoms with E-state index in [4.69, 9.17) is 5.11 Å². The molecule has 0 aliphatic heterocycles. The lowest BCUT2D eigenvalue weighted by Crippen LogP contribution is -2.46. The van der Waals surface area contributed by atoms with E-state index in [1.807, 2.05) is 0 Å². The van der Waals surface area contributed by atoms with Gasteiger partial charge in [-0.3, -0.25) is 0 Å². The van der Waals surface area contributed by atoms with Crippen molar-refractivity contribution in [2.75, 3.05) is 5.32 Å². The number of nitrogens with one attached hydrogen (secondary N) is 2. The van der Waals surface area contributed by atoms with Crippen LogP contribution in [0.3, 0.4) is 0 Å². The van der Waals surface area contributed by atoms with Gasteiger partial charge < -0.3 is 15.7 Å². The van der Waals surface area contributed by atoms with Crippen LogP contribution in [0.2, 0.25) is 0 Å². The van der Waals surface area contributed by atoms with Crippen molar-refractivity contribution in [1.29, 1.82) is 0 Å². The Kier molecular flexibility index (Phi) is 5.43. The highest BCUT2D eigenvalue weighted by Gasteiger charge is 2.23. The molecule has 5 nitrogen and oxygen atoms in total. The Hall–Kier alpha value is -1.70. The number of benzene rings is 1. The van der Waals surface area contributed by atoms with E-state index in [1.165, 1.54) is 0 Å². The molecule has 0 saturated carbocycles.